The number of nitrogens with two attached hydrogens (primary N) is 1. The Hall–Kier alpha value is -1.09. The van der Waals surface area contributed by atoms with Crippen LogP contribution in [0.15, 0.2) is 24.4 Å². The molecule has 0 aliphatic heterocycles. The molecule has 0 amide bonds. The Morgan fingerprint density at radius 1 is 1.46 bits per heavy atom. The Bertz CT molecular complexity index is 256. The molecule has 13 heavy (non-hydrogen) atoms. The van der Waals surface area contributed by atoms with Crippen molar-refractivity contribution in [1.29, 1.82) is 0 Å². The summed E-state index contributed by atoms with van der Waals surface area (Å²) in [6.07, 6.45) is 1.79. The van der Waals surface area contributed by atoms with Crippen LogP contribution in [0, 0.1) is 0 Å². The van der Waals surface area contributed by atoms with Crippen molar-refractivity contribution >= 4 is 5.82 Å². The molecule has 1 aromatic heterocycles. The van der Waals surface area contributed by atoms with Gasteiger partial charge in [0.1, 0.15) is 5.82 Å². The molecule has 0 saturated heterocycles. The molecule has 1 heterocycles. The molecule has 2 N–H and O–H groups in total. The van der Waals surface area contributed by atoms with Crippen LogP contribution >= 0.6 is 0 Å². The average molecular weight is 179 g/mol. The first kappa shape index (κ1) is 9.99. The zero-order valence-electron chi connectivity index (χ0n) is 8.49. The number of hydrogen-bond donors (Lipinski definition) is 1. The minimum absolute atomic E-state index is 0.0473. The summed E-state index contributed by atoms with van der Waals surface area (Å²) in [6, 6.07) is 5.87. The molecular formula is C10H17N3. The normalized spacial score (nSPS) is 11.4. The third-order valence-corrected chi connectivity index (χ3v) is 2.40. The number of pyridine rings is 1. The highest BCUT2D eigenvalue weighted by Gasteiger charge is 2.22. The highest BCUT2D eigenvalue weighted by atomic mass is 15.2. The van der Waals surface area contributed by atoms with Crippen LogP contribution in [0.2, 0.25) is 0 Å². The fourth-order valence-corrected chi connectivity index (χ4v) is 0.999. The van der Waals surface area contributed by atoms with Gasteiger partial charge in [-0.25, -0.2) is 4.98 Å². The minimum atomic E-state index is -0.0473. The second-order valence-electron chi connectivity index (χ2n) is 3.76. The molecule has 72 valence electrons. The number of anilines is 1. The van der Waals surface area contributed by atoms with Crippen molar-refractivity contribution in [2.24, 2.45) is 5.73 Å². The largest absolute Gasteiger partial charge is 0.353 e. The first-order chi connectivity index (χ1) is 6.08. The van der Waals surface area contributed by atoms with Crippen LogP contribution in [0.25, 0.3) is 0 Å². The Labute approximate surface area is 79.6 Å². The Morgan fingerprint density at radius 2 is 2.15 bits per heavy atom. The molecule has 0 atom stereocenters. The quantitative estimate of drug-likeness (QED) is 0.759. The van der Waals surface area contributed by atoms with Crippen LogP contribution in [0.5, 0.6) is 0 Å². The van der Waals surface area contributed by atoms with Gasteiger partial charge in [-0.05, 0) is 26.0 Å². The van der Waals surface area contributed by atoms with E-state index in [4.69, 9.17) is 5.73 Å². The van der Waals surface area contributed by atoms with Crippen molar-refractivity contribution in [2.45, 2.75) is 19.4 Å². The van der Waals surface area contributed by atoms with Crippen molar-refractivity contribution in [1.82, 2.24) is 4.98 Å². The molecule has 1 aromatic rings. The summed E-state index contributed by atoms with van der Waals surface area (Å²) in [5.74, 6) is 0.956. The lowest BCUT2D eigenvalue weighted by molar-refractivity contribution is 0.495. The van der Waals surface area contributed by atoms with E-state index in [1.54, 1.807) is 6.20 Å². The van der Waals surface area contributed by atoms with Gasteiger partial charge >= 0.3 is 0 Å². The molecular weight excluding hydrogens is 162 g/mol. The maximum atomic E-state index is 5.68. The van der Waals surface area contributed by atoms with Gasteiger partial charge in [0, 0.05) is 25.3 Å². The Kier molecular flexibility index (Phi) is 2.88. The third-order valence-electron chi connectivity index (χ3n) is 2.40. The van der Waals surface area contributed by atoms with Crippen LogP contribution in [0.3, 0.4) is 0 Å². The lowest BCUT2D eigenvalue weighted by atomic mass is 10.0. The molecule has 0 aromatic carbocycles. The van der Waals surface area contributed by atoms with Gasteiger partial charge in [0.25, 0.3) is 0 Å². The summed E-state index contributed by atoms with van der Waals surface area (Å²) < 4.78 is 0. The standard InChI is InChI=1S/C10H17N3/c1-10(2,8-11)13(3)9-6-4-5-7-12-9/h4-7H,8,11H2,1-3H3. The Balaban J connectivity index is 2.85. The van der Waals surface area contributed by atoms with Gasteiger partial charge in [0.15, 0.2) is 0 Å². The maximum Gasteiger partial charge on any atom is 0.128 e. The van der Waals surface area contributed by atoms with Crippen LogP contribution < -0.4 is 10.6 Å². The van der Waals surface area contributed by atoms with E-state index in [-0.39, 0.29) is 5.54 Å². The first-order valence-corrected chi connectivity index (χ1v) is 4.43. The summed E-state index contributed by atoms with van der Waals surface area (Å²) in [5, 5.41) is 0. The molecule has 3 nitrogen and oxygen atoms in total. The zero-order valence-corrected chi connectivity index (χ0v) is 8.49. The highest BCUT2D eigenvalue weighted by Crippen LogP contribution is 2.17. The minimum Gasteiger partial charge on any atom is -0.353 e. The van der Waals surface area contributed by atoms with Gasteiger partial charge in [0.2, 0.25) is 0 Å². The monoisotopic (exact) mass is 179 g/mol. The smallest absolute Gasteiger partial charge is 0.128 e. The van der Waals surface area contributed by atoms with Gasteiger partial charge in [0.05, 0.1) is 0 Å². The topological polar surface area (TPSA) is 42.2 Å². The van der Waals surface area contributed by atoms with E-state index < -0.39 is 0 Å². The second-order valence-corrected chi connectivity index (χ2v) is 3.76. The number of rotatable bonds is 3. The van der Waals surface area contributed by atoms with E-state index in [9.17, 15) is 0 Å². The van der Waals surface area contributed by atoms with Crippen molar-refractivity contribution in [3.8, 4) is 0 Å². The van der Waals surface area contributed by atoms with Crippen LogP contribution in [0.4, 0.5) is 5.82 Å². The molecule has 0 bridgehead atoms. The summed E-state index contributed by atoms with van der Waals surface area (Å²) in [5.41, 5.74) is 5.63. The molecule has 0 radical (unpaired) electrons. The van der Waals surface area contributed by atoms with E-state index in [0.29, 0.717) is 6.54 Å². The average Bonchev–Trinajstić information content (AvgIpc) is 2.18. The zero-order chi connectivity index (χ0) is 9.90. The van der Waals surface area contributed by atoms with E-state index >= 15 is 0 Å². The summed E-state index contributed by atoms with van der Waals surface area (Å²) >= 11 is 0. The predicted molar refractivity (Wildman–Crippen MR) is 55.8 cm³/mol. The number of likely N-dealkylation sites (N-methyl/N-ethyl adjacent to an activating group) is 1. The van der Waals surface area contributed by atoms with Crippen molar-refractivity contribution in [3.63, 3.8) is 0 Å². The summed E-state index contributed by atoms with van der Waals surface area (Å²) in [6.45, 7) is 4.81. The fourth-order valence-electron chi connectivity index (χ4n) is 0.999. The third kappa shape index (κ3) is 2.18. The van der Waals surface area contributed by atoms with E-state index in [1.165, 1.54) is 0 Å². The number of aromatic nitrogens is 1. The van der Waals surface area contributed by atoms with Gasteiger partial charge in [-0.15, -0.1) is 0 Å². The fraction of sp³-hybridized carbons (Fsp3) is 0.500. The molecule has 0 fully saturated rings. The lowest BCUT2D eigenvalue weighted by Gasteiger charge is -2.35. The van der Waals surface area contributed by atoms with Crippen molar-refractivity contribution in [3.05, 3.63) is 24.4 Å². The van der Waals surface area contributed by atoms with Crippen LogP contribution in [-0.2, 0) is 0 Å². The van der Waals surface area contributed by atoms with Gasteiger partial charge in [-0.3, -0.25) is 0 Å². The van der Waals surface area contributed by atoms with E-state index in [1.807, 2.05) is 25.2 Å². The first-order valence-electron chi connectivity index (χ1n) is 4.43. The summed E-state index contributed by atoms with van der Waals surface area (Å²) in [7, 11) is 2.01. The molecule has 3 heteroatoms. The van der Waals surface area contributed by atoms with Gasteiger partial charge in [-0.1, -0.05) is 6.07 Å². The second kappa shape index (κ2) is 3.75. The Morgan fingerprint density at radius 3 is 2.62 bits per heavy atom. The predicted octanol–water partition coefficient (Wildman–Crippen LogP) is 1.26. The van der Waals surface area contributed by atoms with Gasteiger partial charge in [-0.2, -0.15) is 0 Å². The summed E-state index contributed by atoms with van der Waals surface area (Å²) in [4.78, 5) is 6.35. The van der Waals surface area contributed by atoms with Crippen LogP contribution in [0.1, 0.15) is 13.8 Å². The lowest BCUT2D eigenvalue weighted by Crippen LogP contribution is -2.47. The van der Waals surface area contributed by atoms with E-state index in [0.717, 1.165) is 5.82 Å². The SMILES string of the molecule is CN(c1ccccn1)C(C)(C)CN. The number of hydrogen-bond acceptors (Lipinski definition) is 3. The van der Waals surface area contributed by atoms with Gasteiger partial charge < -0.3 is 10.6 Å². The molecule has 0 aliphatic carbocycles. The molecule has 0 unspecified atom stereocenters. The van der Waals surface area contributed by atoms with Crippen molar-refractivity contribution in [2.75, 3.05) is 18.5 Å². The van der Waals surface area contributed by atoms with E-state index in [2.05, 4.69) is 23.7 Å². The maximum absolute atomic E-state index is 5.68. The highest BCUT2D eigenvalue weighted by molar-refractivity contribution is 5.39. The molecule has 0 spiro atoms. The molecule has 1 rings (SSSR count). The van der Waals surface area contributed by atoms with Crippen LogP contribution in [-0.4, -0.2) is 24.1 Å². The molecule has 0 aliphatic rings. The van der Waals surface area contributed by atoms with Crippen molar-refractivity contribution < 1.29 is 0 Å². The molecule has 0 saturated carbocycles. The number of nitrogens with zero attached hydrogens (tertiary/aromatic N) is 2.